The second-order valence-corrected chi connectivity index (χ2v) is 7.72. The number of hydrogen-bond acceptors (Lipinski definition) is 8. The third-order valence-corrected chi connectivity index (χ3v) is 5.76. The molecule has 1 aliphatic heterocycles. The van der Waals surface area contributed by atoms with Crippen LogP contribution in [0.1, 0.15) is 0 Å². The second-order valence-electron chi connectivity index (χ2n) is 5.97. The molecule has 28 heavy (non-hydrogen) atoms. The number of rotatable bonds is 4. The molecule has 3 aromatic heterocycles. The normalized spacial score (nSPS) is 12.4. The Kier molecular flexibility index (Phi) is 4.06. The number of nitrogens with one attached hydrogen (secondary N) is 1. The van der Waals surface area contributed by atoms with Crippen molar-refractivity contribution in [3.05, 3.63) is 51.7 Å². The smallest absolute Gasteiger partial charge is 0.262 e. The van der Waals surface area contributed by atoms with Crippen molar-refractivity contribution < 1.29 is 14.3 Å². The largest absolute Gasteiger partial charge is 0.454 e. The van der Waals surface area contributed by atoms with E-state index in [0.717, 1.165) is 11.3 Å². The van der Waals surface area contributed by atoms with Gasteiger partial charge >= 0.3 is 0 Å². The molecule has 1 aromatic carbocycles. The van der Waals surface area contributed by atoms with E-state index in [4.69, 9.17) is 9.47 Å². The summed E-state index contributed by atoms with van der Waals surface area (Å²) in [4.78, 5) is 34.0. The standard InChI is InChI=1S/C18H12N4O4S2/c23-15(6-22-8-19-16-11(17(22)24)3-4-27-16)21-18-20-12(7-28-18)10-1-2-13-14(5-10)26-9-25-13/h1-5,7-8H,6,9H2,(H,20,21,23). The molecule has 0 fully saturated rings. The molecule has 10 heteroatoms. The Bertz CT molecular complexity index is 1260. The monoisotopic (exact) mass is 412 g/mol. The van der Waals surface area contributed by atoms with Crippen LogP contribution in [0.3, 0.4) is 0 Å². The van der Waals surface area contributed by atoms with Crippen LogP contribution in [0.5, 0.6) is 11.5 Å². The van der Waals surface area contributed by atoms with Crippen molar-refractivity contribution in [1.82, 2.24) is 14.5 Å². The zero-order chi connectivity index (χ0) is 19.1. The topological polar surface area (TPSA) is 95.3 Å². The van der Waals surface area contributed by atoms with Gasteiger partial charge in [0.15, 0.2) is 16.6 Å². The van der Waals surface area contributed by atoms with Gasteiger partial charge in [-0.15, -0.1) is 22.7 Å². The molecule has 0 unspecified atom stereocenters. The first-order chi connectivity index (χ1) is 13.7. The number of benzene rings is 1. The number of nitrogens with zero attached hydrogens (tertiary/aromatic N) is 3. The molecule has 0 bridgehead atoms. The van der Waals surface area contributed by atoms with Gasteiger partial charge in [-0.3, -0.25) is 14.2 Å². The van der Waals surface area contributed by atoms with Gasteiger partial charge in [0.1, 0.15) is 11.4 Å². The third-order valence-electron chi connectivity index (χ3n) is 4.18. The maximum atomic E-state index is 12.4. The van der Waals surface area contributed by atoms with Crippen LogP contribution >= 0.6 is 22.7 Å². The Hall–Kier alpha value is -3.24. The molecule has 0 radical (unpaired) electrons. The van der Waals surface area contributed by atoms with E-state index in [9.17, 15) is 9.59 Å². The highest BCUT2D eigenvalue weighted by atomic mass is 32.1. The molecule has 1 N–H and O–H groups in total. The van der Waals surface area contributed by atoms with Crippen LogP contribution in [0.4, 0.5) is 5.13 Å². The van der Waals surface area contributed by atoms with Crippen molar-refractivity contribution in [2.45, 2.75) is 6.54 Å². The van der Waals surface area contributed by atoms with Crippen molar-refractivity contribution in [1.29, 1.82) is 0 Å². The minimum Gasteiger partial charge on any atom is -0.454 e. The van der Waals surface area contributed by atoms with Gasteiger partial charge in [0, 0.05) is 10.9 Å². The van der Waals surface area contributed by atoms with Crippen LogP contribution < -0.4 is 20.3 Å². The summed E-state index contributed by atoms with van der Waals surface area (Å²) < 4.78 is 12.0. The fourth-order valence-corrected chi connectivity index (χ4v) is 4.30. The lowest BCUT2D eigenvalue weighted by molar-refractivity contribution is -0.116. The van der Waals surface area contributed by atoms with Gasteiger partial charge < -0.3 is 14.8 Å². The summed E-state index contributed by atoms with van der Waals surface area (Å²) in [5.41, 5.74) is 1.35. The molecule has 1 amide bonds. The first-order valence-electron chi connectivity index (χ1n) is 8.25. The van der Waals surface area contributed by atoms with Gasteiger partial charge in [-0.1, -0.05) is 0 Å². The Morgan fingerprint density at radius 2 is 2.11 bits per heavy atom. The lowest BCUT2D eigenvalue weighted by atomic mass is 10.1. The van der Waals surface area contributed by atoms with Gasteiger partial charge in [0.25, 0.3) is 5.56 Å². The van der Waals surface area contributed by atoms with E-state index in [-0.39, 0.29) is 24.8 Å². The van der Waals surface area contributed by atoms with Gasteiger partial charge in [-0.05, 0) is 29.6 Å². The van der Waals surface area contributed by atoms with Gasteiger partial charge in [-0.25, -0.2) is 9.97 Å². The number of thiazole rings is 1. The van der Waals surface area contributed by atoms with Crippen molar-refractivity contribution in [2.75, 3.05) is 12.1 Å². The second kappa shape index (κ2) is 6.73. The Balaban J connectivity index is 1.32. The van der Waals surface area contributed by atoms with Crippen molar-refractivity contribution >= 4 is 43.9 Å². The highest BCUT2D eigenvalue weighted by molar-refractivity contribution is 7.16. The van der Waals surface area contributed by atoms with E-state index in [1.54, 1.807) is 11.4 Å². The first kappa shape index (κ1) is 16.9. The number of anilines is 1. The predicted molar refractivity (Wildman–Crippen MR) is 106 cm³/mol. The number of hydrogen-bond donors (Lipinski definition) is 1. The summed E-state index contributed by atoms with van der Waals surface area (Å²) >= 11 is 2.70. The number of aromatic nitrogens is 3. The van der Waals surface area contributed by atoms with E-state index in [2.05, 4.69) is 15.3 Å². The SMILES string of the molecule is O=C(Cn1cnc2sccc2c1=O)Nc1nc(-c2ccc3c(c2)OCO3)cs1. The van der Waals surface area contributed by atoms with Crippen molar-refractivity contribution in [3.63, 3.8) is 0 Å². The minimum absolute atomic E-state index is 0.128. The molecule has 0 atom stereocenters. The Morgan fingerprint density at radius 1 is 1.21 bits per heavy atom. The van der Waals surface area contributed by atoms with Gasteiger partial charge in [-0.2, -0.15) is 0 Å². The zero-order valence-corrected chi connectivity index (χ0v) is 15.9. The van der Waals surface area contributed by atoms with Crippen LogP contribution in [0, 0.1) is 0 Å². The summed E-state index contributed by atoms with van der Waals surface area (Å²) in [6.45, 7) is 0.0825. The van der Waals surface area contributed by atoms with Crippen LogP contribution in [-0.4, -0.2) is 27.2 Å². The highest BCUT2D eigenvalue weighted by Gasteiger charge is 2.16. The molecule has 1 aliphatic rings. The average molecular weight is 412 g/mol. The summed E-state index contributed by atoms with van der Waals surface area (Å²) in [6, 6.07) is 7.28. The number of carbonyl (C=O) groups is 1. The molecule has 0 saturated heterocycles. The predicted octanol–water partition coefficient (Wildman–Crippen LogP) is 2.95. The molecule has 8 nitrogen and oxygen atoms in total. The zero-order valence-electron chi connectivity index (χ0n) is 14.2. The number of thiophene rings is 1. The first-order valence-corrected chi connectivity index (χ1v) is 10.0. The number of ether oxygens (including phenoxy) is 2. The molecule has 4 aromatic rings. The van der Waals surface area contributed by atoms with Crippen LogP contribution in [0.15, 0.2) is 46.1 Å². The molecule has 5 rings (SSSR count). The maximum absolute atomic E-state index is 12.4. The Labute approximate surface area is 166 Å². The minimum atomic E-state index is -0.343. The summed E-state index contributed by atoms with van der Waals surface area (Å²) in [7, 11) is 0. The van der Waals surface area contributed by atoms with E-state index in [1.807, 2.05) is 23.6 Å². The lowest BCUT2D eigenvalue weighted by Gasteiger charge is -2.05. The van der Waals surface area contributed by atoms with Crippen LogP contribution in [-0.2, 0) is 11.3 Å². The summed E-state index contributed by atoms with van der Waals surface area (Å²) in [5, 5.41) is 7.34. The van der Waals surface area contributed by atoms with Gasteiger partial charge in [0.05, 0.1) is 17.4 Å². The number of carbonyl (C=O) groups excluding carboxylic acids is 1. The number of amides is 1. The van der Waals surface area contributed by atoms with Crippen molar-refractivity contribution in [2.24, 2.45) is 0 Å². The Morgan fingerprint density at radius 3 is 3.04 bits per heavy atom. The van der Waals surface area contributed by atoms with E-state index < -0.39 is 0 Å². The lowest BCUT2D eigenvalue weighted by Crippen LogP contribution is -2.27. The highest BCUT2D eigenvalue weighted by Crippen LogP contribution is 2.36. The molecule has 140 valence electrons. The molecule has 0 aliphatic carbocycles. The molecule has 0 saturated carbocycles. The number of fused-ring (bicyclic) bond motifs is 2. The van der Waals surface area contributed by atoms with Crippen LogP contribution in [0.25, 0.3) is 21.5 Å². The fourth-order valence-electron chi connectivity index (χ4n) is 2.84. The van der Waals surface area contributed by atoms with Gasteiger partial charge in [0.2, 0.25) is 12.7 Å². The fraction of sp³-hybridized carbons (Fsp3) is 0.111. The molecular weight excluding hydrogens is 400 g/mol. The average Bonchev–Trinajstić information content (AvgIpc) is 3.43. The van der Waals surface area contributed by atoms with E-state index >= 15 is 0 Å². The molecular formula is C18H12N4O4S2. The third kappa shape index (κ3) is 3.02. The molecule has 4 heterocycles. The quantitative estimate of drug-likeness (QED) is 0.554. The van der Waals surface area contributed by atoms with E-state index in [1.165, 1.54) is 33.6 Å². The summed E-state index contributed by atoms with van der Waals surface area (Å²) in [5.74, 6) is 1.03. The maximum Gasteiger partial charge on any atom is 0.262 e. The van der Waals surface area contributed by atoms with E-state index in [0.29, 0.717) is 26.8 Å². The van der Waals surface area contributed by atoms with Crippen LogP contribution in [0.2, 0.25) is 0 Å². The summed E-state index contributed by atoms with van der Waals surface area (Å²) in [6.07, 6.45) is 1.39. The van der Waals surface area contributed by atoms with Crippen molar-refractivity contribution in [3.8, 4) is 22.8 Å². The molecule has 0 spiro atoms.